The first-order valence-corrected chi connectivity index (χ1v) is 22.5. The van der Waals surface area contributed by atoms with Crippen molar-refractivity contribution in [2.75, 3.05) is 44.9 Å². The fourth-order valence-electron chi connectivity index (χ4n) is 5.79. The standard InChI is InChI=1S/C31H43N10O16P3/c32-28-27-20(15-41(29(27)38-31(33)37-28)26-10-9-23(55-26)16-54-59(47,48)57-60(49,50)56-58(44,45)46)5-3-11-35-24(42)17-51-12-13-52-25(39-40-34)18-53-22-8-1-4-19(14-22)30(43)36-21-6-2-7-21/h1,4,8,14-15,21,23,25-26,28H,2,6-7,9-13,16-18,32H2,(H,35,42)(H,36,43)(H,47,48)(H,49,50)(H3,33,37,38)(H2,44,45,46)/t23-,25?,26+,28?/m0/s1. The number of nitrogens with one attached hydrogen (secondary N) is 3. The van der Waals surface area contributed by atoms with Crippen molar-refractivity contribution in [2.45, 2.75) is 62.9 Å². The van der Waals surface area contributed by atoms with Crippen LogP contribution in [0, 0.1) is 11.8 Å². The predicted octanol–water partition coefficient (Wildman–Crippen LogP) is 1.71. The number of rotatable bonds is 21. The first kappa shape index (κ1) is 46.7. The van der Waals surface area contributed by atoms with E-state index in [-0.39, 0.29) is 57.3 Å². The van der Waals surface area contributed by atoms with E-state index in [4.69, 9.17) is 50.3 Å². The zero-order valence-corrected chi connectivity index (χ0v) is 34.2. The highest BCUT2D eigenvalue weighted by Crippen LogP contribution is 2.66. The van der Waals surface area contributed by atoms with E-state index in [0.717, 1.165) is 19.3 Å². The van der Waals surface area contributed by atoms with Gasteiger partial charge in [0.05, 0.1) is 38.0 Å². The quantitative estimate of drug-likeness (QED) is 0.0215. The maximum Gasteiger partial charge on any atom is 0.490 e. The van der Waals surface area contributed by atoms with E-state index in [1.54, 1.807) is 35.0 Å². The first-order valence-electron chi connectivity index (χ1n) is 18.0. The number of aromatic nitrogens is 1. The highest BCUT2D eigenvalue weighted by molar-refractivity contribution is 7.66. The summed E-state index contributed by atoms with van der Waals surface area (Å²) in [6, 6.07) is 6.77. The van der Waals surface area contributed by atoms with Gasteiger partial charge in [-0.05, 0) is 55.8 Å². The van der Waals surface area contributed by atoms with Gasteiger partial charge in [0.1, 0.15) is 37.2 Å². The van der Waals surface area contributed by atoms with Crippen LogP contribution in [0.15, 0.2) is 40.6 Å². The van der Waals surface area contributed by atoms with Crippen molar-refractivity contribution < 1.29 is 75.0 Å². The van der Waals surface area contributed by atoms with Gasteiger partial charge in [-0.15, -0.1) is 0 Å². The van der Waals surface area contributed by atoms with Gasteiger partial charge in [-0.2, -0.15) is 8.62 Å². The zero-order chi connectivity index (χ0) is 43.5. The fraction of sp³-hybridized carbons (Fsp3) is 0.516. The van der Waals surface area contributed by atoms with E-state index < -0.39 is 60.7 Å². The minimum atomic E-state index is -5.68. The molecule has 6 atom stereocenters. The number of phosphoric acid groups is 3. The number of benzene rings is 1. The molecule has 1 aliphatic carbocycles. The van der Waals surface area contributed by atoms with Gasteiger partial charge >= 0.3 is 23.5 Å². The molecule has 2 amide bonds. The van der Waals surface area contributed by atoms with E-state index in [0.29, 0.717) is 34.7 Å². The number of nitrogens with zero attached hydrogens (tertiary/aromatic N) is 5. The van der Waals surface area contributed by atoms with Crippen molar-refractivity contribution in [3.05, 3.63) is 57.6 Å². The number of carbonyl (C=O) groups is 2. The molecule has 1 saturated heterocycles. The van der Waals surface area contributed by atoms with Crippen molar-refractivity contribution in [3.63, 3.8) is 0 Å². The number of phosphoric ester groups is 1. The number of hydrogen-bond donors (Lipinski definition) is 9. The lowest BCUT2D eigenvalue weighted by Gasteiger charge is -2.26. The summed E-state index contributed by atoms with van der Waals surface area (Å²) in [5, 5.41) is 12.0. The Bertz CT molecular complexity index is 2170. The Morgan fingerprint density at radius 2 is 1.92 bits per heavy atom. The zero-order valence-electron chi connectivity index (χ0n) is 31.5. The Morgan fingerprint density at radius 3 is 2.63 bits per heavy atom. The monoisotopic (exact) mass is 904 g/mol. The molecule has 4 unspecified atom stereocenters. The molecule has 60 heavy (non-hydrogen) atoms. The second kappa shape index (κ2) is 20.9. The molecule has 1 saturated carbocycles. The van der Waals surface area contributed by atoms with Crippen LogP contribution in [-0.2, 0) is 45.8 Å². The number of carbonyl (C=O) groups excluding carboxylic acids is 2. The summed E-state index contributed by atoms with van der Waals surface area (Å²) in [6.45, 7) is -1.25. The number of hydrogen-bond acceptors (Lipinski definition) is 17. The molecule has 2 fully saturated rings. The first-order chi connectivity index (χ1) is 28.4. The van der Waals surface area contributed by atoms with Crippen LogP contribution in [0.5, 0.6) is 5.75 Å². The Morgan fingerprint density at radius 1 is 1.13 bits per heavy atom. The third kappa shape index (κ3) is 14.4. The molecule has 1 aromatic carbocycles. The molecule has 0 radical (unpaired) electrons. The maximum absolute atomic E-state index is 12.5. The maximum atomic E-state index is 12.5. The van der Waals surface area contributed by atoms with Crippen molar-refractivity contribution in [1.29, 1.82) is 0 Å². The van der Waals surface area contributed by atoms with E-state index in [9.17, 15) is 33.1 Å². The number of anilines is 1. The number of ether oxygens (including phenoxy) is 4. The van der Waals surface area contributed by atoms with E-state index >= 15 is 0 Å². The van der Waals surface area contributed by atoms with Gasteiger partial charge in [0.25, 0.3) is 5.91 Å². The third-order valence-electron chi connectivity index (χ3n) is 8.60. The molecule has 5 rings (SSSR count). The van der Waals surface area contributed by atoms with E-state index in [2.05, 4.69) is 51.4 Å². The van der Waals surface area contributed by atoms with Gasteiger partial charge in [0.2, 0.25) is 5.91 Å². The van der Waals surface area contributed by atoms with Crippen molar-refractivity contribution in [2.24, 2.45) is 21.6 Å². The smallest absolute Gasteiger partial charge is 0.490 e. The molecule has 0 spiro atoms. The Balaban J connectivity index is 1.05. The Labute approximate surface area is 341 Å². The molecule has 2 aromatic rings. The molecule has 11 N–H and O–H groups in total. The lowest BCUT2D eigenvalue weighted by atomic mass is 9.93. The second-order valence-electron chi connectivity index (χ2n) is 13.1. The lowest BCUT2D eigenvalue weighted by molar-refractivity contribution is -0.126. The van der Waals surface area contributed by atoms with Crippen LogP contribution < -0.4 is 32.2 Å². The SMILES string of the molecule is [N-]=[N+]=NC(COc1cccc(C(=O)NC2CCC2)c1)OCCOCC(=O)NCC#Cc1cn([C@H]2CC[C@@H](COP(=O)(O)OP(=O)(O)OP(=O)(O)O)O2)c2c1C(N)N=C(N)N2. The van der Waals surface area contributed by atoms with Crippen LogP contribution in [0.1, 0.15) is 66.0 Å². The molecule has 29 heteroatoms. The van der Waals surface area contributed by atoms with Crippen LogP contribution in [0.4, 0.5) is 5.82 Å². The van der Waals surface area contributed by atoms with E-state index in [1.165, 1.54) is 0 Å². The number of guanidine groups is 1. The highest BCUT2D eigenvalue weighted by Gasteiger charge is 2.42. The Hall–Kier alpha value is -4.37. The third-order valence-corrected chi connectivity index (χ3v) is 12.4. The summed E-state index contributed by atoms with van der Waals surface area (Å²) in [7, 11) is -16.6. The number of nitrogens with two attached hydrogens (primary N) is 2. The molecule has 3 heterocycles. The summed E-state index contributed by atoms with van der Waals surface area (Å²) in [4.78, 5) is 68.2. The van der Waals surface area contributed by atoms with Crippen LogP contribution in [-0.4, -0.2) is 99.9 Å². The van der Waals surface area contributed by atoms with Gasteiger partial charge in [-0.3, -0.25) is 14.1 Å². The topological polar surface area (TPSA) is 385 Å². The number of azide groups is 1. The fourth-order valence-corrected chi connectivity index (χ4v) is 8.84. The number of amides is 2. The van der Waals surface area contributed by atoms with Crippen LogP contribution in [0.2, 0.25) is 0 Å². The number of fused-ring (bicyclic) bond motifs is 1. The summed E-state index contributed by atoms with van der Waals surface area (Å²) < 4.78 is 70.8. The highest BCUT2D eigenvalue weighted by atomic mass is 31.3. The van der Waals surface area contributed by atoms with Crippen LogP contribution in [0.25, 0.3) is 10.4 Å². The van der Waals surface area contributed by atoms with Crippen molar-refractivity contribution >= 4 is 47.1 Å². The molecule has 328 valence electrons. The van der Waals surface area contributed by atoms with Gasteiger partial charge in [0, 0.05) is 28.3 Å². The van der Waals surface area contributed by atoms with Gasteiger partial charge in [-0.1, -0.05) is 23.0 Å². The predicted molar refractivity (Wildman–Crippen MR) is 206 cm³/mol. The lowest BCUT2D eigenvalue weighted by Crippen LogP contribution is -2.39. The molecule has 1 aromatic heterocycles. The number of aliphatic imine (C=N–C) groups is 1. The van der Waals surface area contributed by atoms with Crippen LogP contribution >= 0.6 is 23.5 Å². The normalized spacial score (nSPS) is 21.2. The Kier molecular flexibility index (Phi) is 16.3. The molecule has 26 nitrogen and oxygen atoms in total. The van der Waals surface area contributed by atoms with Crippen molar-refractivity contribution in [3.8, 4) is 17.6 Å². The summed E-state index contributed by atoms with van der Waals surface area (Å²) in [5.74, 6) is 5.84. The van der Waals surface area contributed by atoms with Gasteiger partial charge < -0.3 is 70.5 Å². The van der Waals surface area contributed by atoms with Gasteiger partial charge in [-0.25, -0.2) is 18.7 Å². The average molecular weight is 905 g/mol. The molecule has 3 aliphatic rings. The molecule has 0 bridgehead atoms. The van der Waals surface area contributed by atoms with Crippen LogP contribution in [0.3, 0.4) is 0 Å². The van der Waals surface area contributed by atoms with Gasteiger partial charge in [0.15, 0.2) is 12.2 Å². The average Bonchev–Trinajstić information content (AvgIpc) is 3.76. The molecular weight excluding hydrogens is 861 g/mol. The van der Waals surface area contributed by atoms with Crippen molar-refractivity contribution in [1.82, 2.24) is 15.2 Å². The second-order valence-corrected chi connectivity index (χ2v) is 17.5. The molecular formula is C31H43N10O16P3. The summed E-state index contributed by atoms with van der Waals surface area (Å²) in [5.41, 5.74) is 22.4. The van der Waals surface area contributed by atoms with E-state index in [1.807, 2.05) is 0 Å². The minimum absolute atomic E-state index is 0.00209. The minimum Gasteiger partial charge on any atom is -0.491 e. The molecule has 2 aliphatic heterocycles. The summed E-state index contributed by atoms with van der Waals surface area (Å²) in [6.07, 6.45) is 1.66. The summed E-state index contributed by atoms with van der Waals surface area (Å²) >= 11 is 0. The largest absolute Gasteiger partial charge is 0.491 e.